The molecule has 3 aromatic rings. The van der Waals surface area contributed by atoms with E-state index in [-0.39, 0.29) is 0 Å². The predicted octanol–water partition coefficient (Wildman–Crippen LogP) is 4.85. The lowest BCUT2D eigenvalue weighted by Crippen LogP contribution is -1.89. The van der Waals surface area contributed by atoms with Crippen LogP contribution in [0.3, 0.4) is 0 Å². The van der Waals surface area contributed by atoms with Gasteiger partial charge >= 0.3 is 0 Å². The highest BCUT2D eigenvalue weighted by Gasteiger charge is 2.05. The Kier molecular flexibility index (Phi) is 3.20. The fraction of sp³-hybridized carbons (Fsp3) is 0. The maximum atomic E-state index is 5.95. The maximum absolute atomic E-state index is 5.95. The molecular weight excluding hydrogens is 334 g/mol. The van der Waals surface area contributed by atoms with Crippen LogP contribution < -0.4 is 5.32 Å². The van der Waals surface area contributed by atoms with Crippen LogP contribution >= 0.6 is 38.9 Å². The predicted molar refractivity (Wildman–Crippen MR) is 79.8 cm³/mol. The van der Waals surface area contributed by atoms with Gasteiger partial charge in [-0.1, -0.05) is 22.9 Å². The molecule has 0 amide bonds. The van der Waals surface area contributed by atoms with Crippen molar-refractivity contribution in [3.63, 3.8) is 0 Å². The number of nitrogens with one attached hydrogen (secondary N) is 1. The number of hydrogen-bond donors (Lipinski definition) is 1. The highest BCUT2D eigenvalue weighted by molar-refractivity contribution is 9.10. The van der Waals surface area contributed by atoms with Crippen LogP contribution in [0, 0.1) is 0 Å². The van der Waals surface area contributed by atoms with Gasteiger partial charge in [-0.15, -0.1) is 0 Å². The molecule has 0 aliphatic heterocycles. The van der Waals surface area contributed by atoms with Crippen LogP contribution in [0.5, 0.6) is 0 Å². The van der Waals surface area contributed by atoms with Crippen LogP contribution in [0.25, 0.3) is 10.2 Å². The minimum Gasteiger partial charge on any atom is -0.330 e. The molecule has 0 radical (unpaired) electrons. The van der Waals surface area contributed by atoms with Gasteiger partial charge < -0.3 is 5.32 Å². The molecule has 3 nitrogen and oxygen atoms in total. The first kappa shape index (κ1) is 11.9. The summed E-state index contributed by atoms with van der Waals surface area (Å²) < 4.78 is 1.99. The van der Waals surface area contributed by atoms with Gasteiger partial charge in [-0.05, 0) is 40.2 Å². The fourth-order valence-corrected chi connectivity index (χ4v) is 3.08. The monoisotopic (exact) mass is 339 g/mol. The van der Waals surface area contributed by atoms with Crippen molar-refractivity contribution in [1.29, 1.82) is 0 Å². The number of thiazole rings is 1. The zero-order valence-electron chi connectivity index (χ0n) is 9.02. The largest absolute Gasteiger partial charge is 0.330 e. The summed E-state index contributed by atoms with van der Waals surface area (Å²) in [6.45, 7) is 0. The summed E-state index contributed by atoms with van der Waals surface area (Å²) in [5.41, 5.74) is 1.84. The van der Waals surface area contributed by atoms with Crippen LogP contribution in [-0.4, -0.2) is 9.97 Å². The van der Waals surface area contributed by atoms with Crippen molar-refractivity contribution in [2.75, 3.05) is 5.32 Å². The van der Waals surface area contributed by atoms with Crippen molar-refractivity contribution in [2.45, 2.75) is 0 Å². The Labute approximate surface area is 121 Å². The molecule has 0 saturated carbocycles. The quantitative estimate of drug-likeness (QED) is 0.724. The molecule has 0 aliphatic carbocycles. The van der Waals surface area contributed by atoms with Crippen LogP contribution in [0.1, 0.15) is 0 Å². The topological polar surface area (TPSA) is 37.8 Å². The molecule has 2 aromatic heterocycles. The average Bonchev–Trinajstić information content (AvgIpc) is 2.70. The molecule has 3 rings (SSSR count). The van der Waals surface area contributed by atoms with Gasteiger partial charge in [-0.2, -0.15) is 0 Å². The summed E-state index contributed by atoms with van der Waals surface area (Å²) in [7, 11) is 0. The summed E-state index contributed by atoms with van der Waals surface area (Å²) in [4.78, 5) is 8.58. The molecular formula is C12H7BrClN3S. The Hall–Kier alpha value is -1.17. The van der Waals surface area contributed by atoms with E-state index in [1.54, 1.807) is 23.7 Å². The van der Waals surface area contributed by atoms with Gasteiger partial charge in [0.1, 0.15) is 0 Å². The molecule has 0 bridgehead atoms. The number of anilines is 2. The minimum atomic E-state index is 0.724. The number of aromatic nitrogens is 2. The first-order valence-electron chi connectivity index (χ1n) is 5.14. The molecule has 6 heteroatoms. The van der Waals surface area contributed by atoms with Crippen LogP contribution in [0.4, 0.5) is 10.8 Å². The third kappa shape index (κ3) is 2.48. The Bertz CT molecular complexity index is 713. The van der Waals surface area contributed by atoms with Crippen molar-refractivity contribution < 1.29 is 0 Å². The van der Waals surface area contributed by atoms with E-state index < -0.39 is 0 Å². The van der Waals surface area contributed by atoms with Crippen molar-refractivity contribution in [1.82, 2.24) is 9.97 Å². The zero-order valence-corrected chi connectivity index (χ0v) is 12.2. The average molecular weight is 341 g/mol. The molecule has 1 aromatic carbocycles. The van der Waals surface area contributed by atoms with Gasteiger partial charge in [0.25, 0.3) is 0 Å². The molecule has 0 spiro atoms. The summed E-state index contributed by atoms with van der Waals surface area (Å²) in [6, 6.07) is 7.62. The van der Waals surface area contributed by atoms with E-state index in [0.717, 1.165) is 30.5 Å². The second-order valence-corrected chi connectivity index (χ2v) is 6.03. The first-order valence-corrected chi connectivity index (χ1v) is 7.13. The highest BCUT2D eigenvalue weighted by Crippen LogP contribution is 2.30. The molecule has 0 unspecified atom stereocenters. The van der Waals surface area contributed by atoms with Crippen LogP contribution in [0.15, 0.2) is 41.1 Å². The molecule has 0 saturated heterocycles. The third-order valence-corrected chi connectivity index (χ3v) is 3.91. The minimum absolute atomic E-state index is 0.724. The number of rotatable bonds is 2. The Balaban J connectivity index is 1.95. The van der Waals surface area contributed by atoms with Gasteiger partial charge in [0.2, 0.25) is 0 Å². The summed E-state index contributed by atoms with van der Waals surface area (Å²) in [5.74, 6) is 0. The van der Waals surface area contributed by atoms with Crippen molar-refractivity contribution in [3.8, 4) is 0 Å². The summed E-state index contributed by atoms with van der Waals surface area (Å²) in [6.07, 6.45) is 3.49. The first-order chi connectivity index (χ1) is 8.70. The van der Waals surface area contributed by atoms with Gasteiger partial charge in [0, 0.05) is 15.7 Å². The van der Waals surface area contributed by atoms with E-state index in [1.807, 2.05) is 24.3 Å². The molecule has 2 heterocycles. The van der Waals surface area contributed by atoms with E-state index in [4.69, 9.17) is 11.6 Å². The number of hydrogen-bond acceptors (Lipinski definition) is 4. The molecule has 0 fully saturated rings. The number of pyridine rings is 1. The normalized spacial score (nSPS) is 10.8. The molecule has 0 aliphatic rings. The smallest absolute Gasteiger partial charge is 0.188 e. The third-order valence-electron chi connectivity index (χ3n) is 2.31. The second kappa shape index (κ2) is 4.84. The van der Waals surface area contributed by atoms with Gasteiger partial charge in [-0.25, -0.2) is 4.98 Å². The zero-order chi connectivity index (χ0) is 12.5. The standard InChI is InChI=1S/C12H7BrClN3S/c13-7-3-9(6-15-5-7)16-12-17-10-2-1-8(14)4-11(10)18-12/h1-6H,(H,16,17). The lowest BCUT2D eigenvalue weighted by molar-refractivity contribution is 1.30. The number of halogens is 2. The number of nitrogens with zero attached hydrogens (tertiary/aromatic N) is 2. The Morgan fingerprint density at radius 2 is 2.11 bits per heavy atom. The molecule has 0 atom stereocenters. The van der Waals surface area contributed by atoms with Crippen molar-refractivity contribution in [3.05, 3.63) is 46.2 Å². The molecule has 1 N–H and O–H groups in total. The summed E-state index contributed by atoms with van der Waals surface area (Å²) >= 11 is 10.9. The van der Waals surface area contributed by atoms with Crippen LogP contribution in [0.2, 0.25) is 5.02 Å². The van der Waals surface area contributed by atoms with E-state index in [0.29, 0.717) is 0 Å². The summed E-state index contributed by atoms with van der Waals surface area (Å²) in [5, 5.41) is 4.78. The lowest BCUT2D eigenvalue weighted by atomic mass is 10.3. The number of benzene rings is 1. The van der Waals surface area contributed by atoms with Crippen molar-refractivity contribution in [2.24, 2.45) is 0 Å². The number of fused-ring (bicyclic) bond motifs is 1. The van der Waals surface area contributed by atoms with Crippen LogP contribution in [-0.2, 0) is 0 Å². The van der Waals surface area contributed by atoms with Crippen molar-refractivity contribution >= 4 is 59.9 Å². The van der Waals surface area contributed by atoms with E-state index in [2.05, 4.69) is 31.2 Å². The van der Waals surface area contributed by atoms with E-state index in [9.17, 15) is 0 Å². The molecule has 90 valence electrons. The van der Waals surface area contributed by atoms with E-state index in [1.165, 1.54) is 0 Å². The van der Waals surface area contributed by atoms with Gasteiger partial charge in [0.15, 0.2) is 5.13 Å². The van der Waals surface area contributed by atoms with E-state index >= 15 is 0 Å². The SMILES string of the molecule is Clc1ccc2nc(Nc3cncc(Br)c3)sc2c1. The Morgan fingerprint density at radius 1 is 1.22 bits per heavy atom. The van der Waals surface area contributed by atoms with Gasteiger partial charge in [-0.3, -0.25) is 4.98 Å². The lowest BCUT2D eigenvalue weighted by Gasteiger charge is -2.00. The van der Waals surface area contributed by atoms with Gasteiger partial charge in [0.05, 0.1) is 22.1 Å². The fourth-order valence-electron chi connectivity index (χ4n) is 1.56. The highest BCUT2D eigenvalue weighted by atomic mass is 79.9. The Morgan fingerprint density at radius 3 is 2.94 bits per heavy atom. The second-order valence-electron chi connectivity index (χ2n) is 3.65. The molecule has 18 heavy (non-hydrogen) atoms. The maximum Gasteiger partial charge on any atom is 0.188 e.